The second-order valence-corrected chi connectivity index (χ2v) is 8.55. The van der Waals surface area contributed by atoms with Crippen molar-refractivity contribution in [3.63, 3.8) is 0 Å². The van der Waals surface area contributed by atoms with Gasteiger partial charge in [0.1, 0.15) is 11.4 Å². The molecule has 1 N–H and O–H groups in total. The van der Waals surface area contributed by atoms with Crippen molar-refractivity contribution in [3.05, 3.63) is 65.5 Å². The fourth-order valence-electron chi connectivity index (χ4n) is 4.64. The van der Waals surface area contributed by atoms with Gasteiger partial charge in [0.25, 0.3) is 5.91 Å². The topological polar surface area (TPSA) is 105 Å². The molecule has 0 radical (unpaired) electrons. The van der Waals surface area contributed by atoms with Crippen LogP contribution < -0.4 is 9.80 Å². The number of phenols is 1. The Bertz CT molecular complexity index is 1280. The van der Waals surface area contributed by atoms with Crippen LogP contribution in [0.4, 0.5) is 11.4 Å². The number of phenolic OH excluding ortho intramolecular Hbond substituents is 1. The van der Waals surface area contributed by atoms with Crippen molar-refractivity contribution in [2.45, 2.75) is 32.6 Å². The number of aromatic hydroxyl groups is 1. The monoisotopic (exact) mass is 474 g/mol. The molecule has 2 aliphatic heterocycles. The Hall–Kier alpha value is -4.14. The third-order valence-electron chi connectivity index (χ3n) is 6.38. The fraction of sp³-hybridized carbons (Fsp3) is 0.308. The van der Waals surface area contributed by atoms with Gasteiger partial charge in [-0.1, -0.05) is 0 Å². The number of aromatic nitrogens is 2. The highest BCUT2D eigenvalue weighted by Crippen LogP contribution is 2.31. The summed E-state index contributed by atoms with van der Waals surface area (Å²) >= 11 is 0. The van der Waals surface area contributed by atoms with Crippen molar-refractivity contribution >= 4 is 29.2 Å². The number of piperidine rings is 1. The molecule has 3 heterocycles. The Morgan fingerprint density at radius 3 is 2.23 bits per heavy atom. The molecule has 9 nitrogen and oxygen atoms in total. The first-order valence-electron chi connectivity index (χ1n) is 11.8. The van der Waals surface area contributed by atoms with Gasteiger partial charge >= 0.3 is 5.97 Å². The van der Waals surface area contributed by atoms with Crippen molar-refractivity contribution in [1.29, 1.82) is 0 Å². The van der Waals surface area contributed by atoms with Gasteiger partial charge in [0.2, 0.25) is 5.91 Å². The number of fused-ring (bicyclic) bond motifs is 1. The molecule has 0 atom stereocenters. The number of nitrogens with zero attached hydrogens (tertiary/aromatic N) is 4. The average Bonchev–Trinajstić information content (AvgIpc) is 3.26. The van der Waals surface area contributed by atoms with Crippen molar-refractivity contribution < 1.29 is 24.2 Å². The van der Waals surface area contributed by atoms with Gasteiger partial charge in [-0.05, 0) is 74.7 Å². The van der Waals surface area contributed by atoms with E-state index in [-0.39, 0.29) is 29.9 Å². The second kappa shape index (κ2) is 9.25. The fourth-order valence-corrected chi connectivity index (χ4v) is 4.64. The molecule has 1 saturated heterocycles. The van der Waals surface area contributed by atoms with Gasteiger partial charge in [0.05, 0.1) is 12.3 Å². The minimum absolute atomic E-state index is 0.0839. The van der Waals surface area contributed by atoms with Crippen molar-refractivity contribution in [2.75, 3.05) is 29.5 Å². The third-order valence-corrected chi connectivity index (χ3v) is 6.38. The van der Waals surface area contributed by atoms with Crippen LogP contribution in [0.25, 0.3) is 5.69 Å². The number of esters is 1. The van der Waals surface area contributed by atoms with E-state index in [9.17, 15) is 19.5 Å². The predicted octanol–water partition coefficient (Wildman–Crippen LogP) is 3.47. The maximum Gasteiger partial charge on any atom is 0.359 e. The zero-order chi connectivity index (χ0) is 24.5. The van der Waals surface area contributed by atoms with E-state index in [4.69, 9.17) is 4.74 Å². The standard InChI is InChI=1S/C26H26N4O5/c1-2-35-26(34)23-21-14-16-29(18-8-6-17(7-9-18)28-15-4-3-5-22(28)32)25(33)24(21)30(27-23)19-10-12-20(31)13-11-19/h6-13,31H,2-5,14-16H2,1H3. The van der Waals surface area contributed by atoms with Gasteiger partial charge in [0.15, 0.2) is 5.69 Å². The molecule has 0 bridgehead atoms. The number of anilines is 2. The molecular weight excluding hydrogens is 448 g/mol. The highest BCUT2D eigenvalue weighted by Gasteiger charge is 2.35. The molecule has 1 aromatic heterocycles. The quantitative estimate of drug-likeness (QED) is 0.568. The van der Waals surface area contributed by atoms with Crippen LogP contribution in [-0.4, -0.2) is 52.4 Å². The Morgan fingerprint density at radius 2 is 1.57 bits per heavy atom. The Balaban J connectivity index is 1.50. The summed E-state index contributed by atoms with van der Waals surface area (Å²) in [6.45, 7) is 3.00. The van der Waals surface area contributed by atoms with E-state index in [0.717, 1.165) is 18.5 Å². The highest BCUT2D eigenvalue weighted by atomic mass is 16.5. The van der Waals surface area contributed by atoms with Gasteiger partial charge in [-0.25, -0.2) is 9.48 Å². The summed E-state index contributed by atoms with van der Waals surface area (Å²) in [4.78, 5) is 42.0. The molecular formula is C26H26N4O5. The molecule has 2 aromatic carbocycles. The van der Waals surface area contributed by atoms with Crippen LogP contribution in [0.5, 0.6) is 5.75 Å². The van der Waals surface area contributed by atoms with Crippen LogP contribution in [0.3, 0.4) is 0 Å². The number of amides is 2. The normalized spacial score (nSPS) is 15.8. The van der Waals surface area contributed by atoms with Crippen LogP contribution in [0.2, 0.25) is 0 Å². The Morgan fingerprint density at radius 1 is 0.914 bits per heavy atom. The molecule has 0 spiro atoms. The molecule has 180 valence electrons. The number of ether oxygens (including phenoxy) is 1. The number of carbonyl (C=O) groups is 3. The van der Waals surface area contributed by atoms with Crippen LogP contribution in [0.1, 0.15) is 52.7 Å². The summed E-state index contributed by atoms with van der Waals surface area (Å²) in [6, 6.07) is 13.7. The summed E-state index contributed by atoms with van der Waals surface area (Å²) in [6.07, 6.45) is 2.88. The van der Waals surface area contributed by atoms with E-state index in [1.165, 1.54) is 16.8 Å². The van der Waals surface area contributed by atoms with Gasteiger partial charge in [0, 0.05) is 36.4 Å². The van der Waals surface area contributed by atoms with Gasteiger partial charge in [-0.15, -0.1) is 0 Å². The number of benzene rings is 2. The average molecular weight is 475 g/mol. The van der Waals surface area contributed by atoms with Crippen LogP contribution in [0, 0.1) is 0 Å². The lowest BCUT2D eigenvalue weighted by atomic mass is 10.0. The Labute approximate surface area is 202 Å². The first-order chi connectivity index (χ1) is 17.0. The zero-order valence-electron chi connectivity index (χ0n) is 19.4. The lowest BCUT2D eigenvalue weighted by molar-refractivity contribution is -0.119. The first-order valence-corrected chi connectivity index (χ1v) is 11.8. The van der Waals surface area contributed by atoms with Crippen LogP contribution in [-0.2, 0) is 16.0 Å². The SMILES string of the molecule is CCOC(=O)c1nn(-c2ccc(O)cc2)c2c1CCN(c1ccc(N3CCCCC3=O)cc1)C2=O. The molecule has 9 heteroatoms. The zero-order valence-corrected chi connectivity index (χ0v) is 19.4. The molecule has 0 aliphatic carbocycles. The number of rotatable bonds is 5. The Kier molecular flexibility index (Phi) is 5.98. The molecule has 0 saturated carbocycles. The van der Waals surface area contributed by atoms with Gasteiger partial charge < -0.3 is 19.6 Å². The molecule has 0 unspecified atom stereocenters. The van der Waals surface area contributed by atoms with E-state index in [1.807, 2.05) is 24.3 Å². The van der Waals surface area contributed by atoms with E-state index in [0.29, 0.717) is 48.6 Å². The molecule has 2 amide bonds. The van der Waals surface area contributed by atoms with E-state index < -0.39 is 5.97 Å². The minimum atomic E-state index is -0.571. The van der Waals surface area contributed by atoms with Crippen molar-refractivity contribution in [1.82, 2.24) is 9.78 Å². The van der Waals surface area contributed by atoms with Crippen LogP contribution in [0.15, 0.2) is 48.5 Å². The third kappa shape index (κ3) is 4.14. The lowest BCUT2D eigenvalue weighted by Gasteiger charge is -2.29. The summed E-state index contributed by atoms with van der Waals surface area (Å²) in [5.74, 6) is -0.658. The van der Waals surface area contributed by atoms with E-state index >= 15 is 0 Å². The van der Waals surface area contributed by atoms with E-state index in [2.05, 4.69) is 5.10 Å². The van der Waals surface area contributed by atoms with Gasteiger partial charge in [-0.3, -0.25) is 9.59 Å². The summed E-state index contributed by atoms with van der Waals surface area (Å²) < 4.78 is 6.62. The number of carbonyl (C=O) groups excluding carboxylic acids is 3. The second-order valence-electron chi connectivity index (χ2n) is 8.55. The first kappa shape index (κ1) is 22.6. The largest absolute Gasteiger partial charge is 0.508 e. The molecule has 2 aliphatic rings. The maximum atomic E-state index is 13.7. The van der Waals surface area contributed by atoms with Gasteiger partial charge in [-0.2, -0.15) is 5.10 Å². The molecule has 35 heavy (non-hydrogen) atoms. The van der Waals surface area contributed by atoms with E-state index in [1.54, 1.807) is 28.9 Å². The summed E-state index contributed by atoms with van der Waals surface area (Å²) in [7, 11) is 0. The van der Waals surface area contributed by atoms with Crippen molar-refractivity contribution in [2.24, 2.45) is 0 Å². The predicted molar refractivity (Wildman–Crippen MR) is 129 cm³/mol. The molecule has 1 fully saturated rings. The van der Waals surface area contributed by atoms with Crippen LogP contribution >= 0.6 is 0 Å². The molecule has 5 rings (SSSR count). The minimum Gasteiger partial charge on any atom is -0.508 e. The number of hydrogen-bond donors (Lipinski definition) is 1. The molecule has 3 aromatic rings. The lowest BCUT2D eigenvalue weighted by Crippen LogP contribution is -2.39. The highest BCUT2D eigenvalue weighted by molar-refractivity contribution is 6.09. The number of hydrogen-bond acceptors (Lipinski definition) is 6. The van der Waals surface area contributed by atoms with Crippen molar-refractivity contribution in [3.8, 4) is 11.4 Å². The maximum absolute atomic E-state index is 13.7. The smallest absolute Gasteiger partial charge is 0.359 e. The summed E-state index contributed by atoms with van der Waals surface area (Å²) in [5, 5.41) is 14.1. The summed E-state index contributed by atoms with van der Waals surface area (Å²) in [5.41, 5.74) is 3.03.